The monoisotopic (exact) mass is 245 g/mol. The zero-order valence-electron chi connectivity index (χ0n) is 10.2. The summed E-state index contributed by atoms with van der Waals surface area (Å²) in [5, 5.41) is 0. The molecule has 0 amide bonds. The normalized spacial score (nSPS) is 22.9. The van der Waals surface area contributed by atoms with Crippen LogP contribution in [0.25, 0.3) is 0 Å². The van der Waals surface area contributed by atoms with Crippen molar-refractivity contribution in [3.05, 3.63) is 11.6 Å². The molecule has 0 N–H and O–H groups in total. The van der Waals surface area contributed by atoms with Crippen molar-refractivity contribution in [1.29, 1.82) is 0 Å². The number of ether oxygens (including phenoxy) is 1. The van der Waals surface area contributed by atoms with Gasteiger partial charge in [-0.15, -0.1) is 0 Å². The van der Waals surface area contributed by atoms with Gasteiger partial charge in [0.15, 0.2) is 0 Å². The second-order valence-corrected chi connectivity index (χ2v) is 5.30. The number of rotatable bonds is 3. The van der Waals surface area contributed by atoms with Crippen LogP contribution >= 0.6 is 11.6 Å². The Morgan fingerprint density at radius 3 is 2.81 bits per heavy atom. The molecule has 1 aliphatic rings. The van der Waals surface area contributed by atoms with E-state index in [-0.39, 0.29) is 12.0 Å². The second kappa shape index (κ2) is 5.69. The molecule has 0 saturated carbocycles. The number of esters is 1. The topological polar surface area (TPSA) is 29.5 Å². The highest BCUT2D eigenvalue weighted by molar-refractivity contribution is 6.25. The number of hydrogen-bond donors (Lipinski definition) is 0. The fraction of sp³-hybridized carbons (Fsp3) is 0.750. The molecule has 1 heterocycles. The van der Waals surface area contributed by atoms with E-state index in [1.807, 2.05) is 26.8 Å². The van der Waals surface area contributed by atoms with Gasteiger partial charge in [-0.2, -0.15) is 0 Å². The molecule has 0 bridgehead atoms. The summed E-state index contributed by atoms with van der Waals surface area (Å²) in [5.74, 6) is -0.118. The Morgan fingerprint density at radius 1 is 1.56 bits per heavy atom. The Balaban J connectivity index is 2.54. The molecule has 0 aromatic carbocycles. The third-order valence-corrected chi connectivity index (χ3v) is 2.65. The number of carbonyl (C=O) groups is 1. The largest absolute Gasteiger partial charge is 0.459 e. The van der Waals surface area contributed by atoms with Gasteiger partial charge in [-0.25, -0.2) is 0 Å². The molecule has 3 nitrogen and oxygen atoms in total. The third kappa shape index (κ3) is 4.14. The first kappa shape index (κ1) is 13.5. The van der Waals surface area contributed by atoms with Crippen LogP contribution in [0.2, 0.25) is 0 Å². The van der Waals surface area contributed by atoms with Crippen LogP contribution in [0.4, 0.5) is 0 Å². The van der Waals surface area contributed by atoms with Crippen molar-refractivity contribution in [2.75, 3.05) is 13.1 Å². The molecule has 0 aromatic heterocycles. The SMILES string of the molecule is CC(C)(C)OC(=O)[C@@H]1CCCN1C/C=C/Cl. The van der Waals surface area contributed by atoms with Crippen LogP contribution in [-0.4, -0.2) is 35.6 Å². The van der Waals surface area contributed by atoms with Crippen LogP contribution in [0.15, 0.2) is 11.6 Å². The smallest absolute Gasteiger partial charge is 0.323 e. The van der Waals surface area contributed by atoms with Crippen molar-refractivity contribution in [1.82, 2.24) is 4.90 Å². The molecule has 1 atom stereocenters. The highest BCUT2D eigenvalue weighted by Gasteiger charge is 2.33. The van der Waals surface area contributed by atoms with Gasteiger partial charge in [0.1, 0.15) is 11.6 Å². The Labute approximate surface area is 102 Å². The number of halogens is 1. The van der Waals surface area contributed by atoms with Gasteiger partial charge >= 0.3 is 5.97 Å². The summed E-state index contributed by atoms with van der Waals surface area (Å²) in [6, 6.07) is -0.105. The summed E-state index contributed by atoms with van der Waals surface area (Å²) in [7, 11) is 0. The molecule has 0 aliphatic carbocycles. The molecule has 4 heteroatoms. The number of nitrogens with zero attached hydrogens (tertiary/aromatic N) is 1. The van der Waals surface area contributed by atoms with E-state index in [1.54, 1.807) is 0 Å². The minimum atomic E-state index is -0.409. The molecular weight excluding hydrogens is 226 g/mol. The summed E-state index contributed by atoms with van der Waals surface area (Å²) in [6.45, 7) is 7.33. The average molecular weight is 246 g/mol. The predicted molar refractivity (Wildman–Crippen MR) is 65.4 cm³/mol. The number of likely N-dealkylation sites (tertiary alicyclic amines) is 1. The van der Waals surface area contributed by atoms with Crippen LogP contribution < -0.4 is 0 Å². The van der Waals surface area contributed by atoms with E-state index in [0.717, 1.165) is 19.4 Å². The minimum Gasteiger partial charge on any atom is -0.459 e. The van der Waals surface area contributed by atoms with E-state index in [1.165, 1.54) is 5.54 Å². The van der Waals surface area contributed by atoms with Crippen LogP contribution in [0.1, 0.15) is 33.6 Å². The van der Waals surface area contributed by atoms with E-state index in [4.69, 9.17) is 16.3 Å². The fourth-order valence-corrected chi connectivity index (χ4v) is 1.94. The summed E-state index contributed by atoms with van der Waals surface area (Å²) < 4.78 is 5.39. The maximum atomic E-state index is 11.9. The Morgan fingerprint density at radius 2 is 2.25 bits per heavy atom. The highest BCUT2D eigenvalue weighted by Crippen LogP contribution is 2.20. The van der Waals surface area contributed by atoms with Crippen molar-refractivity contribution in [3.8, 4) is 0 Å². The first-order chi connectivity index (χ1) is 7.44. The zero-order valence-corrected chi connectivity index (χ0v) is 11.0. The maximum absolute atomic E-state index is 11.9. The molecule has 16 heavy (non-hydrogen) atoms. The van der Waals surface area contributed by atoms with Crippen molar-refractivity contribution < 1.29 is 9.53 Å². The Kier molecular flexibility index (Phi) is 4.81. The second-order valence-electron chi connectivity index (χ2n) is 5.05. The van der Waals surface area contributed by atoms with Crippen LogP contribution in [0.5, 0.6) is 0 Å². The summed E-state index contributed by atoms with van der Waals surface area (Å²) in [4.78, 5) is 14.0. The highest BCUT2D eigenvalue weighted by atomic mass is 35.5. The Hall–Kier alpha value is -0.540. The molecule has 0 aromatic rings. The molecule has 92 valence electrons. The molecule has 1 rings (SSSR count). The van der Waals surface area contributed by atoms with E-state index >= 15 is 0 Å². The summed E-state index contributed by atoms with van der Waals surface area (Å²) in [6.07, 6.45) is 3.77. The van der Waals surface area contributed by atoms with Crippen molar-refractivity contribution >= 4 is 17.6 Å². The van der Waals surface area contributed by atoms with E-state index in [2.05, 4.69) is 4.90 Å². The molecular formula is C12H20ClNO2. The van der Waals surface area contributed by atoms with Gasteiger partial charge in [0.25, 0.3) is 0 Å². The first-order valence-corrected chi connectivity index (χ1v) is 6.10. The lowest BCUT2D eigenvalue weighted by atomic mass is 10.1. The number of hydrogen-bond acceptors (Lipinski definition) is 3. The van der Waals surface area contributed by atoms with Crippen LogP contribution in [0.3, 0.4) is 0 Å². The lowest BCUT2D eigenvalue weighted by Gasteiger charge is -2.26. The maximum Gasteiger partial charge on any atom is 0.323 e. The lowest BCUT2D eigenvalue weighted by Crippen LogP contribution is -2.40. The summed E-state index contributed by atoms with van der Waals surface area (Å²) in [5.41, 5.74) is 1.08. The Bertz CT molecular complexity index is 271. The van der Waals surface area contributed by atoms with Crippen molar-refractivity contribution in [2.45, 2.75) is 45.3 Å². The quantitative estimate of drug-likeness (QED) is 0.716. The number of carbonyl (C=O) groups excluding carboxylic acids is 1. The molecule has 1 aliphatic heterocycles. The fourth-order valence-electron chi connectivity index (χ4n) is 1.86. The van der Waals surface area contributed by atoms with E-state index in [0.29, 0.717) is 6.54 Å². The van der Waals surface area contributed by atoms with Gasteiger partial charge in [-0.3, -0.25) is 9.69 Å². The first-order valence-electron chi connectivity index (χ1n) is 5.66. The zero-order chi connectivity index (χ0) is 12.2. The van der Waals surface area contributed by atoms with Gasteiger partial charge in [0, 0.05) is 12.1 Å². The third-order valence-electron chi connectivity index (χ3n) is 2.47. The van der Waals surface area contributed by atoms with Crippen molar-refractivity contribution in [3.63, 3.8) is 0 Å². The van der Waals surface area contributed by atoms with Gasteiger partial charge in [0.2, 0.25) is 0 Å². The molecule has 0 radical (unpaired) electrons. The lowest BCUT2D eigenvalue weighted by molar-refractivity contribution is -0.160. The standard InChI is InChI=1S/C12H20ClNO2/c1-12(2,3)16-11(15)10-6-4-8-14(10)9-5-7-13/h5,7,10H,4,6,8-9H2,1-3H3/b7-5+/t10-/m0/s1. The molecule has 1 saturated heterocycles. The molecule has 1 fully saturated rings. The predicted octanol–water partition coefficient (Wildman–Crippen LogP) is 2.55. The van der Waals surface area contributed by atoms with Gasteiger partial charge in [-0.1, -0.05) is 17.7 Å². The van der Waals surface area contributed by atoms with Gasteiger partial charge < -0.3 is 4.74 Å². The van der Waals surface area contributed by atoms with Gasteiger partial charge in [0.05, 0.1) is 0 Å². The van der Waals surface area contributed by atoms with E-state index < -0.39 is 5.60 Å². The van der Waals surface area contributed by atoms with Gasteiger partial charge in [-0.05, 0) is 40.2 Å². The van der Waals surface area contributed by atoms with E-state index in [9.17, 15) is 4.79 Å². The van der Waals surface area contributed by atoms with Crippen LogP contribution in [-0.2, 0) is 9.53 Å². The molecule has 0 spiro atoms. The molecule has 0 unspecified atom stereocenters. The van der Waals surface area contributed by atoms with Crippen LogP contribution in [0, 0.1) is 0 Å². The average Bonchev–Trinajstić information content (AvgIpc) is 2.59. The summed E-state index contributed by atoms with van der Waals surface area (Å²) >= 11 is 5.49. The minimum absolute atomic E-state index is 0.105. The van der Waals surface area contributed by atoms with Crippen molar-refractivity contribution in [2.24, 2.45) is 0 Å².